The topological polar surface area (TPSA) is 46.5 Å². The van der Waals surface area contributed by atoms with E-state index < -0.39 is 0 Å². The number of aryl methyl sites for hydroxylation is 2. The lowest BCUT2D eigenvalue weighted by Crippen LogP contribution is -1.92. The SMILES string of the molecule is Cc1nn(C)c(C)c1-c1nc2c(Cl)cccc2[nH]1. The molecule has 2 heterocycles. The number of aromatic nitrogens is 4. The lowest BCUT2D eigenvalue weighted by Gasteiger charge is -1.96. The number of halogens is 1. The van der Waals surface area contributed by atoms with Crippen LogP contribution in [0.1, 0.15) is 11.4 Å². The smallest absolute Gasteiger partial charge is 0.142 e. The van der Waals surface area contributed by atoms with E-state index in [-0.39, 0.29) is 0 Å². The van der Waals surface area contributed by atoms with E-state index in [9.17, 15) is 0 Å². The molecule has 1 N–H and O–H groups in total. The van der Waals surface area contributed by atoms with Crippen LogP contribution in [0.15, 0.2) is 18.2 Å². The molecule has 0 spiro atoms. The highest BCUT2D eigenvalue weighted by molar-refractivity contribution is 6.35. The number of para-hydroxylation sites is 1. The number of imidazole rings is 1. The Balaban J connectivity index is 2.29. The van der Waals surface area contributed by atoms with E-state index in [4.69, 9.17) is 11.6 Å². The molecule has 92 valence electrons. The summed E-state index contributed by atoms with van der Waals surface area (Å²) >= 11 is 6.14. The standard InChI is InChI=1S/C13H13ClN4/c1-7-11(8(2)18(3)17-7)13-15-10-6-4-5-9(14)12(10)16-13/h4-6H,1-3H3,(H,15,16). The van der Waals surface area contributed by atoms with Crippen LogP contribution in [0.5, 0.6) is 0 Å². The third kappa shape index (κ3) is 1.53. The summed E-state index contributed by atoms with van der Waals surface area (Å²) in [5, 5.41) is 5.06. The molecule has 3 aromatic rings. The summed E-state index contributed by atoms with van der Waals surface area (Å²) < 4.78 is 1.86. The Morgan fingerprint density at radius 3 is 2.67 bits per heavy atom. The third-order valence-electron chi connectivity index (χ3n) is 3.21. The molecule has 0 amide bonds. The first kappa shape index (κ1) is 11.3. The molecule has 18 heavy (non-hydrogen) atoms. The van der Waals surface area contributed by atoms with Gasteiger partial charge in [-0.15, -0.1) is 0 Å². The van der Waals surface area contributed by atoms with Crippen LogP contribution >= 0.6 is 11.6 Å². The van der Waals surface area contributed by atoms with Crippen molar-refractivity contribution in [3.8, 4) is 11.4 Å². The maximum absolute atomic E-state index is 6.14. The van der Waals surface area contributed by atoms with Gasteiger partial charge in [0.25, 0.3) is 0 Å². The molecule has 0 fully saturated rings. The van der Waals surface area contributed by atoms with Crippen LogP contribution < -0.4 is 0 Å². The van der Waals surface area contributed by atoms with Gasteiger partial charge in [0.05, 0.1) is 21.8 Å². The molecule has 0 unspecified atom stereocenters. The Labute approximate surface area is 110 Å². The summed E-state index contributed by atoms with van der Waals surface area (Å²) in [7, 11) is 1.93. The highest BCUT2D eigenvalue weighted by Crippen LogP contribution is 2.28. The van der Waals surface area contributed by atoms with Gasteiger partial charge in [0.2, 0.25) is 0 Å². The van der Waals surface area contributed by atoms with Crippen molar-refractivity contribution >= 4 is 22.6 Å². The fourth-order valence-corrected chi connectivity index (χ4v) is 2.45. The second-order valence-electron chi connectivity index (χ2n) is 4.39. The van der Waals surface area contributed by atoms with Gasteiger partial charge in [0.15, 0.2) is 0 Å². The predicted molar refractivity (Wildman–Crippen MR) is 72.8 cm³/mol. The second-order valence-corrected chi connectivity index (χ2v) is 4.80. The van der Waals surface area contributed by atoms with E-state index in [1.54, 1.807) is 0 Å². The monoisotopic (exact) mass is 260 g/mol. The summed E-state index contributed by atoms with van der Waals surface area (Å²) in [6.45, 7) is 4.02. The van der Waals surface area contributed by atoms with E-state index in [0.29, 0.717) is 5.02 Å². The van der Waals surface area contributed by atoms with Crippen LogP contribution in [0.4, 0.5) is 0 Å². The minimum Gasteiger partial charge on any atom is -0.338 e. The number of fused-ring (bicyclic) bond motifs is 1. The molecular formula is C13H13ClN4. The molecule has 0 aliphatic rings. The van der Waals surface area contributed by atoms with Crippen molar-refractivity contribution in [2.75, 3.05) is 0 Å². The quantitative estimate of drug-likeness (QED) is 0.730. The molecule has 0 saturated heterocycles. The Hall–Kier alpha value is -1.81. The first-order chi connectivity index (χ1) is 8.58. The summed E-state index contributed by atoms with van der Waals surface area (Å²) in [4.78, 5) is 7.88. The van der Waals surface area contributed by atoms with Crippen LogP contribution in [-0.4, -0.2) is 19.7 Å². The maximum atomic E-state index is 6.14. The zero-order valence-corrected chi connectivity index (χ0v) is 11.2. The average Bonchev–Trinajstić information content (AvgIpc) is 2.83. The molecular weight excluding hydrogens is 248 g/mol. The van der Waals surface area contributed by atoms with Crippen LogP contribution in [0, 0.1) is 13.8 Å². The Morgan fingerprint density at radius 1 is 1.28 bits per heavy atom. The van der Waals surface area contributed by atoms with Crippen LogP contribution in [-0.2, 0) is 7.05 Å². The number of nitrogens with one attached hydrogen (secondary N) is 1. The summed E-state index contributed by atoms with van der Waals surface area (Å²) in [6.07, 6.45) is 0. The number of aromatic amines is 1. The molecule has 0 atom stereocenters. The third-order valence-corrected chi connectivity index (χ3v) is 3.51. The number of H-pyrrole nitrogens is 1. The van der Waals surface area contributed by atoms with E-state index in [0.717, 1.165) is 33.8 Å². The zero-order chi connectivity index (χ0) is 12.9. The van der Waals surface area contributed by atoms with Gasteiger partial charge in [-0.25, -0.2) is 4.98 Å². The number of nitrogens with zero attached hydrogens (tertiary/aromatic N) is 3. The molecule has 0 aliphatic heterocycles. The zero-order valence-electron chi connectivity index (χ0n) is 10.5. The molecule has 0 bridgehead atoms. The average molecular weight is 261 g/mol. The van der Waals surface area contributed by atoms with Gasteiger partial charge < -0.3 is 4.98 Å². The molecule has 0 radical (unpaired) electrons. The van der Waals surface area contributed by atoms with Crippen molar-refractivity contribution in [3.05, 3.63) is 34.6 Å². The minimum atomic E-state index is 0.661. The van der Waals surface area contributed by atoms with Crippen molar-refractivity contribution in [1.82, 2.24) is 19.7 Å². The predicted octanol–water partition coefficient (Wildman–Crippen LogP) is 3.23. The number of hydrogen-bond acceptors (Lipinski definition) is 2. The number of benzene rings is 1. The maximum Gasteiger partial charge on any atom is 0.142 e. The second kappa shape index (κ2) is 3.85. The number of rotatable bonds is 1. The summed E-state index contributed by atoms with van der Waals surface area (Å²) in [5.74, 6) is 0.821. The first-order valence-electron chi connectivity index (χ1n) is 5.72. The van der Waals surface area contributed by atoms with Crippen molar-refractivity contribution in [3.63, 3.8) is 0 Å². The van der Waals surface area contributed by atoms with Gasteiger partial charge in [-0.3, -0.25) is 4.68 Å². The normalized spacial score (nSPS) is 11.3. The Morgan fingerprint density at radius 2 is 2.06 bits per heavy atom. The van der Waals surface area contributed by atoms with Crippen molar-refractivity contribution in [1.29, 1.82) is 0 Å². The highest BCUT2D eigenvalue weighted by atomic mass is 35.5. The van der Waals surface area contributed by atoms with E-state index in [1.807, 2.05) is 43.8 Å². The van der Waals surface area contributed by atoms with Gasteiger partial charge in [-0.05, 0) is 26.0 Å². The van der Waals surface area contributed by atoms with E-state index in [2.05, 4.69) is 15.1 Å². The molecule has 3 rings (SSSR count). The van der Waals surface area contributed by atoms with E-state index in [1.165, 1.54) is 0 Å². The van der Waals surface area contributed by atoms with Gasteiger partial charge in [0, 0.05) is 12.7 Å². The minimum absolute atomic E-state index is 0.661. The lowest BCUT2D eigenvalue weighted by molar-refractivity contribution is 0.731. The molecule has 0 aliphatic carbocycles. The van der Waals surface area contributed by atoms with Gasteiger partial charge in [-0.1, -0.05) is 17.7 Å². The van der Waals surface area contributed by atoms with Crippen molar-refractivity contribution in [2.24, 2.45) is 7.05 Å². The molecule has 2 aromatic heterocycles. The molecule has 0 saturated carbocycles. The fraction of sp³-hybridized carbons (Fsp3) is 0.231. The first-order valence-corrected chi connectivity index (χ1v) is 6.10. The van der Waals surface area contributed by atoms with Crippen molar-refractivity contribution in [2.45, 2.75) is 13.8 Å². The molecule has 5 heteroatoms. The highest BCUT2D eigenvalue weighted by Gasteiger charge is 2.15. The summed E-state index contributed by atoms with van der Waals surface area (Å²) in [6, 6.07) is 5.73. The Kier molecular flexibility index (Phi) is 2.41. The lowest BCUT2D eigenvalue weighted by atomic mass is 10.2. The van der Waals surface area contributed by atoms with Crippen molar-refractivity contribution < 1.29 is 0 Å². The van der Waals surface area contributed by atoms with Gasteiger partial charge in [0.1, 0.15) is 11.3 Å². The number of hydrogen-bond donors (Lipinski definition) is 1. The molecule has 1 aromatic carbocycles. The Bertz CT molecular complexity index is 739. The van der Waals surface area contributed by atoms with Crippen LogP contribution in [0.3, 0.4) is 0 Å². The van der Waals surface area contributed by atoms with Crippen LogP contribution in [0.25, 0.3) is 22.4 Å². The molecule has 4 nitrogen and oxygen atoms in total. The van der Waals surface area contributed by atoms with Gasteiger partial charge in [-0.2, -0.15) is 5.10 Å². The van der Waals surface area contributed by atoms with Crippen LogP contribution in [0.2, 0.25) is 5.02 Å². The largest absolute Gasteiger partial charge is 0.338 e. The summed E-state index contributed by atoms with van der Waals surface area (Å²) in [5.41, 5.74) is 4.84. The van der Waals surface area contributed by atoms with E-state index >= 15 is 0 Å². The van der Waals surface area contributed by atoms with Gasteiger partial charge >= 0.3 is 0 Å². The fourth-order valence-electron chi connectivity index (χ4n) is 2.23.